The summed E-state index contributed by atoms with van der Waals surface area (Å²) in [5.74, 6) is 0.838. The zero-order valence-corrected chi connectivity index (χ0v) is 10.3. The van der Waals surface area contributed by atoms with Gasteiger partial charge in [-0.25, -0.2) is 4.79 Å². The Morgan fingerprint density at radius 3 is 2.35 bits per heavy atom. The van der Waals surface area contributed by atoms with E-state index in [9.17, 15) is 4.79 Å². The molecule has 0 radical (unpaired) electrons. The third-order valence-corrected chi connectivity index (χ3v) is 2.85. The summed E-state index contributed by atoms with van der Waals surface area (Å²) in [6.45, 7) is 4.07. The monoisotopic (exact) mass is 232 g/mol. The van der Waals surface area contributed by atoms with Gasteiger partial charge in [0.05, 0.1) is 12.7 Å². The quantitative estimate of drug-likeness (QED) is 0.751. The Balaban J connectivity index is 2.26. The molecule has 1 heterocycles. The predicted molar refractivity (Wildman–Crippen MR) is 65.7 cm³/mol. The maximum atomic E-state index is 11.7. The first kappa shape index (κ1) is 11.7. The van der Waals surface area contributed by atoms with E-state index in [1.807, 2.05) is 44.2 Å². The second-order valence-electron chi connectivity index (χ2n) is 4.42. The summed E-state index contributed by atoms with van der Waals surface area (Å²) in [5, 5.41) is 0. The van der Waals surface area contributed by atoms with Crippen molar-refractivity contribution in [1.82, 2.24) is 0 Å². The minimum absolute atomic E-state index is 0.111. The zero-order valence-electron chi connectivity index (χ0n) is 10.3. The first-order valence-electron chi connectivity index (χ1n) is 5.69. The fourth-order valence-electron chi connectivity index (χ4n) is 1.77. The number of esters is 1. The van der Waals surface area contributed by atoms with E-state index in [0.29, 0.717) is 11.5 Å². The van der Waals surface area contributed by atoms with Crippen molar-refractivity contribution in [2.45, 2.75) is 20.0 Å². The van der Waals surface area contributed by atoms with Crippen molar-refractivity contribution in [3.8, 4) is 5.75 Å². The standard InChI is InChI=1S/C14H16O3/c1-9(2)13-8-12(14(15)17-13)10-4-6-11(16-3)7-5-10/h4-9,13H,1-3H3. The number of hydrogen-bond donors (Lipinski definition) is 0. The third-order valence-electron chi connectivity index (χ3n) is 2.85. The average Bonchev–Trinajstić information content (AvgIpc) is 2.72. The summed E-state index contributed by atoms with van der Waals surface area (Å²) >= 11 is 0. The van der Waals surface area contributed by atoms with Crippen LogP contribution in [0.5, 0.6) is 5.75 Å². The van der Waals surface area contributed by atoms with E-state index in [2.05, 4.69) is 0 Å². The van der Waals surface area contributed by atoms with Gasteiger partial charge in [0.2, 0.25) is 0 Å². The molecule has 1 aromatic rings. The summed E-state index contributed by atoms with van der Waals surface area (Å²) in [7, 11) is 1.62. The topological polar surface area (TPSA) is 35.5 Å². The van der Waals surface area contributed by atoms with E-state index in [1.54, 1.807) is 7.11 Å². The molecule has 0 aliphatic carbocycles. The summed E-state index contributed by atoms with van der Waals surface area (Å²) in [6.07, 6.45) is 1.79. The van der Waals surface area contributed by atoms with Crippen molar-refractivity contribution in [3.05, 3.63) is 35.9 Å². The molecule has 0 spiro atoms. The van der Waals surface area contributed by atoms with Crippen LogP contribution >= 0.6 is 0 Å². The van der Waals surface area contributed by atoms with Crippen LogP contribution in [0.4, 0.5) is 0 Å². The van der Waals surface area contributed by atoms with Crippen molar-refractivity contribution < 1.29 is 14.3 Å². The molecule has 0 saturated heterocycles. The highest BCUT2D eigenvalue weighted by Crippen LogP contribution is 2.28. The Labute approximate surface area is 101 Å². The second-order valence-corrected chi connectivity index (χ2v) is 4.42. The number of carbonyl (C=O) groups is 1. The highest BCUT2D eigenvalue weighted by molar-refractivity contribution is 6.18. The van der Waals surface area contributed by atoms with Gasteiger partial charge in [0.25, 0.3) is 0 Å². The molecule has 17 heavy (non-hydrogen) atoms. The van der Waals surface area contributed by atoms with Crippen LogP contribution in [-0.2, 0) is 9.53 Å². The van der Waals surface area contributed by atoms with Crippen LogP contribution in [0.3, 0.4) is 0 Å². The van der Waals surface area contributed by atoms with Crippen LogP contribution in [0.25, 0.3) is 5.57 Å². The third kappa shape index (κ3) is 2.33. The molecule has 0 fully saturated rings. The molecular formula is C14H16O3. The van der Waals surface area contributed by atoms with Crippen LogP contribution in [0.1, 0.15) is 19.4 Å². The van der Waals surface area contributed by atoms with Gasteiger partial charge < -0.3 is 9.47 Å². The normalized spacial score (nSPS) is 19.2. The number of cyclic esters (lactones) is 1. The van der Waals surface area contributed by atoms with Crippen molar-refractivity contribution in [2.75, 3.05) is 7.11 Å². The molecule has 1 aromatic carbocycles. The predicted octanol–water partition coefficient (Wildman–Crippen LogP) is 2.66. The smallest absolute Gasteiger partial charge is 0.339 e. The molecule has 3 nitrogen and oxygen atoms in total. The van der Waals surface area contributed by atoms with Crippen LogP contribution in [0, 0.1) is 5.92 Å². The number of methoxy groups -OCH3 is 1. The van der Waals surface area contributed by atoms with Gasteiger partial charge in [0.1, 0.15) is 11.9 Å². The minimum Gasteiger partial charge on any atom is -0.497 e. The van der Waals surface area contributed by atoms with Crippen LogP contribution in [-0.4, -0.2) is 19.2 Å². The lowest BCUT2D eigenvalue weighted by Gasteiger charge is -2.10. The first-order chi connectivity index (χ1) is 8.11. The summed E-state index contributed by atoms with van der Waals surface area (Å²) in [5.41, 5.74) is 1.52. The van der Waals surface area contributed by atoms with Crippen LogP contribution < -0.4 is 4.74 Å². The number of benzene rings is 1. The van der Waals surface area contributed by atoms with Crippen molar-refractivity contribution in [2.24, 2.45) is 5.92 Å². The number of rotatable bonds is 3. The molecule has 1 aliphatic heterocycles. The molecule has 1 atom stereocenters. The second kappa shape index (κ2) is 4.62. The highest BCUT2D eigenvalue weighted by atomic mass is 16.5. The van der Waals surface area contributed by atoms with Gasteiger partial charge in [-0.1, -0.05) is 26.0 Å². The number of carbonyl (C=O) groups excluding carboxylic acids is 1. The lowest BCUT2D eigenvalue weighted by molar-refractivity contribution is -0.139. The molecule has 90 valence electrons. The molecule has 0 N–H and O–H groups in total. The minimum atomic E-state index is -0.242. The fourth-order valence-corrected chi connectivity index (χ4v) is 1.77. The van der Waals surface area contributed by atoms with Gasteiger partial charge >= 0.3 is 5.97 Å². The van der Waals surface area contributed by atoms with Gasteiger partial charge in [0, 0.05) is 0 Å². The lowest BCUT2D eigenvalue weighted by Crippen LogP contribution is -2.14. The van der Waals surface area contributed by atoms with E-state index >= 15 is 0 Å². The van der Waals surface area contributed by atoms with Crippen LogP contribution in [0.2, 0.25) is 0 Å². The summed E-state index contributed by atoms with van der Waals surface area (Å²) in [6, 6.07) is 7.42. The van der Waals surface area contributed by atoms with Gasteiger partial charge in [-0.05, 0) is 29.7 Å². The largest absolute Gasteiger partial charge is 0.497 e. The summed E-state index contributed by atoms with van der Waals surface area (Å²) in [4.78, 5) is 11.7. The zero-order chi connectivity index (χ0) is 12.4. The van der Waals surface area contributed by atoms with E-state index < -0.39 is 0 Å². The van der Waals surface area contributed by atoms with Gasteiger partial charge in [0.15, 0.2) is 0 Å². The maximum absolute atomic E-state index is 11.7. The van der Waals surface area contributed by atoms with E-state index in [1.165, 1.54) is 0 Å². The maximum Gasteiger partial charge on any atom is 0.339 e. The molecule has 1 unspecified atom stereocenters. The van der Waals surface area contributed by atoms with E-state index in [0.717, 1.165) is 11.3 Å². The average molecular weight is 232 g/mol. The Morgan fingerprint density at radius 2 is 1.88 bits per heavy atom. The number of ether oxygens (including phenoxy) is 2. The van der Waals surface area contributed by atoms with Crippen molar-refractivity contribution >= 4 is 11.5 Å². The Hall–Kier alpha value is -1.77. The molecular weight excluding hydrogens is 216 g/mol. The molecule has 0 amide bonds. The van der Waals surface area contributed by atoms with Crippen molar-refractivity contribution in [3.63, 3.8) is 0 Å². The van der Waals surface area contributed by atoms with E-state index in [4.69, 9.17) is 9.47 Å². The summed E-state index contributed by atoms with van der Waals surface area (Å²) < 4.78 is 10.4. The van der Waals surface area contributed by atoms with Gasteiger partial charge in [-0.3, -0.25) is 0 Å². The van der Waals surface area contributed by atoms with Crippen LogP contribution in [0.15, 0.2) is 30.3 Å². The Kier molecular flexibility index (Phi) is 3.18. The fraction of sp³-hybridized carbons (Fsp3) is 0.357. The number of hydrogen-bond acceptors (Lipinski definition) is 3. The molecule has 0 saturated carbocycles. The van der Waals surface area contributed by atoms with Gasteiger partial charge in [-0.15, -0.1) is 0 Å². The van der Waals surface area contributed by atoms with Crippen molar-refractivity contribution in [1.29, 1.82) is 0 Å². The molecule has 0 aromatic heterocycles. The Morgan fingerprint density at radius 1 is 1.24 bits per heavy atom. The molecule has 2 rings (SSSR count). The molecule has 0 bridgehead atoms. The molecule has 3 heteroatoms. The SMILES string of the molecule is COc1ccc(C2=CC(C(C)C)OC2=O)cc1. The first-order valence-corrected chi connectivity index (χ1v) is 5.69. The Bertz CT molecular complexity index is 443. The lowest BCUT2D eigenvalue weighted by atomic mass is 10.0. The van der Waals surface area contributed by atoms with Gasteiger partial charge in [-0.2, -0.15) is 0 Å². The van der Waals surface area contributed by atoms with E-state index in [-0.39, 0.29) is 12.1 Å². The highest BCUT2D eigenvalue weighted by Gasteiger charge is 2.28. The molecule has 1 aliphatic rings.